The average Bonchev–Trinajstić information content (AvgIpc) is 2.32. The molecular weight excluding hydrogens is 251 g/mol. The summed E-state index contributed by atoms with van der Waals surface area (Å²) in [6, 6.07) is 7.17. The van der Waals surface area contributed by atoms with E-state index in [1.165, 1.54) is 24.3 Å². The van der Waals surface area contributed by atoms with Crippen molar-refractivity contribution in [2.75, 3.05) is 0 Å². The van der Waals surface area contributed by atoms with E-state index in [-0.39, 0.29) is 16.2 Å². The lowest BCUT2D eigenvalue weighted by Crippen LogP contribution is -2.14. The van der Waals surface area contributed by atoms with Crippen molar-refractivity contribution in [3.8, 4) is 0 Å². The van der Waals surface area contributed by atoms with Crippen LogP contribution in [0.25, 0.3) is 0 Å². The van der Waals surface area contributed by atoms with Crippen molar-refractivity contribution in [1.29, 1.82) is 0 Å². The van der Waals surface area contributed by atoms with E-state index < -0.39 is 0 Å². The van der Waals surface area contributed by atoms with Gasteiger partial charge in [-0.25, -0.2) is 4.39 Å². The highest BCUT2D eigenvalue weighted by Crippen LogP contribution is 2.13. The quantitative estimate of drug-likeness (QED) is 0.856. The molecule has 0 aliphatic carbocycles. The van der Waals surface area contributed by atoms with Gasteiger partial charge in [0.25, 0.3) is 0 Å². The third kappa shape index (κ3) is 2.81. The molecule has 3 nitrogen and oxygen atoms in total. The zero-order valence-corrected chi connectivity index (χ0v) is 10.3. The molecule has 0 saturated carbocycles. The molecule has 1 aromatic carbocycles. The summed E-state index contributed by atoms with van der Waals surface area (Å²) in [5.41, 5.74) is 6.85. The molecule has 92 valence electrons. The van der Waals surface area contributed by atoms with E-state index in [4.69, 9.17) is 18.0 Å². The van der Waals surface area contributed by atoms with Crippen LogP contribution in [0.2, 0.25) is 0 Å². The van der Waals surface area contributed by atoms with Crippen molar-refractivity contribution in [3.05, 3.63) is 69.9 Å². The third-order valence-corrected chi connectivity index (χ3v) is 2.77. The van der Waals surface area contributed by atoms with E-state index in [1.54, 1.807) is 23.0 Å². The van der Waals surface area contributed by atoms with Gasteiger partial charge in [0.15, 0.2) is 5.43 Å². The molecule has 1 heterocycles. The summed E-state index contributed by atoms with van der Waals surface area (Å²) < 4.78 is 15.0. The van der Waals surface area contributed by atoms with Crippen LogP contribution in [0.5, 0.6) is 0 Å². The second-order valence-corrected chi connectivity index (χ2v) is 4.31. The van der Waals surface area contributed by atoms with Gasteiger partial charge >= 0.3 is 0 Å². The molecule has 0 aliphatic rings. The molecule has 0 fully saturated rings. The first-order chi connectivity index (χ1) is 8.56. The Labute approximate surface area is 109 Å². The Morgan fingerprint density at radius 2 is 1.94 bits per heavy atom. The summed E-state index contributed by atoms with van der Waals surface area (Å²) in [5, 5.41) is 0. The molecular formula is C13H11FN2OS. The molecule has 0 atom stereocenters. The second kappa shape index (κ2) is 5.10. The highest BCUT2D eigenvalue weighted by atomic mass is 32.1. The number of benzene rings is 1. The van der Waals surface area contributed by atoms with Crippen molar-refractivity contribution >= 4 is 17.2 Å². The fourth-order valence-electron chi connectivity index (χ4n) is 1.68. The Balaban J connectivity index is 2.38. The maximum Gasteiger partial charge on any atom is 0.181 e. The second-order valence-electron chi connectivity index (χ2n) is 3.87. The van der Waals surface area contributed by atoms with Crippen LogP contribution in [0, 0.1) is 5.82 Å². The Kier molecular flexibility index (Phi) is 3.53. The number of pyridine rings is 1. The van der Waals surface area contributed by atoms with Crippen LogP contribution in [-0.2, 0) is 6.54 Å². The van der Waals surface area contributed by atoms with E-state index >= 15 is 0 Å². The number of aromatic nitrogens is 1. The van der Waals surface area contributed by atoms with E-state index in [0.717, 1.165) is 0 Å². The average molecular weight is 262 g/mol. The molecule has 2 N–H and O–H groups in total. The van der Waals surface area contributed by atoms with Gasteiger partial charge in [0.1, 0.15) is 10.8 Å². The van der Waals surface area contributed by atoms with Crippen molar-refractivity contribution in [2.45, 2.75) is 6.54 Å². The summed E-state index contributed by atoms with van der Waals surface area (Å²) in [7, 11) is 0. The van der Waals surface area contributed by atoms with Crippen LogP contribution in [0.1, 0.15) is 11.1 Å². The summed E-state index contributed by atoms with van der Waals surface area (Å²) >= 11 is 4.93. The largest absolute Gasteiger partial charge is 0.389 e. The van der Waals surface area contributed by atoms with Crippen molar-refractivity contribution in [1.82, 2.24) is 4.57 Å². The van der Waals surface area contributed by atoms with E-state index in [0.29, 0.717) is 17.7 Å². The Bertz CT molecular complexity index is 631. The lowest BCUT2D eigenvalue weighted by Gasteiger charge is -2.10. The Morgan fingerprint density at radius 3 is 2.56 bits per heavy atom. The van der Waals surface area contributed by atoms with Crippen LogP contribution in [0.3, 0.4) is 0 Å². The lowest BCUT2D eigenvalue weighted by atomic mass is 10.1. The molecule has 1 aromatic heterocycles. The zero-order valence-electron chi connectivity index (χ0n) is 9.47. The molecule has 5 heteroatoms. The number of hydrogen-bond acceptors (Lipinski definition) is 2. The molecule has 0 saturated heterocycles. The van der Waals surface area contributed by atoms with Crippen molar-refractivity contribution in [2.24, 2.45) is 5.73 Å². The zero-order chi connectivity index (χ0) is 13.1. The standard InChI is InChI=1S/C13H11FN2OS/c14-10-1-2-12(13(15)18)9(7-10)8-16-5-3-11(17)4-6-16/h1-7H,8H2,(H2,15,18). The van der Waals surface area contributed by atoms with Gasteiger partial charge in [-0.3, -0.25) is 4.79 Å². The first-order valence-corrected chi connectivity index (χ1v) is 5.71. The van der Waals surface area contributed by atoms with Gasteiger partial charge < -0.3 is 10.3 Å². The van der Waals surface area contributed by atoms with Gasteiger partial charge in [-0.05, 0) is 23.8 Å². The minimum atomic E-state index is -0.342. The summed E-state index contributed by atoms with van der Waals surface area (Å²) in [4.78, 5) is 11.2. The van der Waals surface area contributed by atoms with Gasteiger partial charge in [0.2, 0.25) is 0 Å². The summed E-state index contributed by atoms with van der Waals surface area (Å²) in [6.45, 7) is 0.407. The predicted molar refractivity (Wildman–Crippen MR) is 72.1 cm³/mol. The first kappa shape index (κ1) is 12.4. The maximum absolute atomic E-state index is 13.2. The molecule has 2 rings (SSSR count). The van der Waals surface area contributed by atoms with E-state index in [2.05, 4.69) is 0 Å². The minimum absolute atomic E-state index is 0.0694. The van der Waals surface area contributed by atoms with Gasteiger partial charge in [0.05, 0.1) is 0 Å². The monoisotopic (exact) mass is 262 g/mol. The fourth-order valence-corrected chi connectivity index (χ4v) is 1.88. The van der Waals surface area contributed by atoms with E-state index in [1.807, 2.05) is 0 Å². The van der Waals surface area contributed by atoms with Crippen LogP contribution in [0.15, 0.2) is 47.5 Å². The topological polar surface area (TPSA) is 48.0 Å². The molecule has 18 heavy (non-hydrogen) atoms. The molecule has 0 amide bonds. The van der Waals surface area contributed by atoms with Crippen molar-refractivity contribution in [3.63, 3.8) is 0 Å². The molecule has 0 bridgehead atoms. The fraction of sp³-hybridized carbons (Fsp3) is 0.0769. The Hall–Kier alpha value is -2.01. The third-order valence-electron chi connectivity index (χ3n) is 2.55. The molecule has 0 spiro atoms. The predicted octanol–water partition coefficient (Wildman–Crippen LogP) is 1.67. The number of halogens is 1. The van der Waals surface area contributed by atoms with Crippen LogP contribution >= 0.6 is 12.2 Å². The van der Waals surface area contributed by atoms with Crippen LogP contribution in [0.4, 0.5) is 4.39 Å². The van der Waals surface area contributed by atoms with Crippen LogP contribution < -0.4 is 11.2 Å². The van der Waals surface area contributed by atoms with Crippen molar-refractivity contribution < 1.29 is 4.39 Å². The number of thiocarbonyl (C=S) groups is 1. The van der Waals surface area contributed by atoms with Gasteiger partial charge in [-0.2, -0.15) is 0 Å². The van der Waals surface area contributed by atoms with Gasteiger partial charge in [0, 0.05) is 36.6 Å². The Morgan fingerprint density at radius 1 is 1.28 bits per heavy atom. The smallest absolute Gasteiger partial charge is 0.181 e. The SMILES string of the molecule is NC(=S)c1ccc(F)cc1Cn1ccc(=O)cc1. The highest BCUT2D eigenvalue weighted by Gasteiger charge is 2.06. The molecule has 0 radical (unpaired) electrons. The number of nitrogens with zero attached hydrogens (tertiary/aromatic N) is 1. The number of hydrogen-bond donors (Lipinski definition) is 1. The maximum atomic E-state index is 13.2. The first-order valence-electron chi connectivity index (χ1n) is 5.30. The summed E-state index contributed by atoms with van der Waals surface area (Å²) in [5.74, 6) is -0.342. The number of rotatable bonds is 3. The van der Waals surface area contributed by atoms with Gasteiger partial charge in [-0.1, -0.05) is 12.2 Å². The summed E-state index contributed by atoms with van der Waals surface area (Å²) in [6.07, 6.45) is 3.27. The number of nitrogens with two attached hydrogens (primary N) is 1. The van der Waals surface area contributed by atoms with Gasteiger partial charge in [-0.15, -0.1) is 0 Å². The van der Waals surface area contributed by atoms with E-state index in [9.17, 15) is 9.18 Å². The van der Waals surface area contributed by atoms with Crippen LogP contribution in [-0.4, -0.2) is 9.56 Å². The molecule has 0 unspecified atom stereocenters. The normalized spacial score (nSPS) is 10.3. The molecule has 2 aromatic rings. The molecule has 0 aliphatic heterocycles. The highest BCUT2D eigenvalue weighted by molar-refractivity contribution is 7.80. The lowest BCUT2D eigenvalue weighted by molar-refractivity contribution is 0.623. The minimum Gasteiger partial charge on any atom is -0.389 e.